The normalized spacial score (nSPS) is 15.1. The van der Waals surface area contributed by atoms with E-state index in [4.69, 9.17) is 4.74 Å². The van der Waals surface area contributed by atoms with E-state index in [1.807, 2.05) is 46.5 Å². The Labute approximate surface area is 175 Å². The third-order valence-corrected chi connectivity index (χ3v) is 7.66. The first kappa shape index (κ1) is 20.1. The minimum Gasteiger partial charge on any atom is -0.496 e. The summed E-state index contributed by atoms with van der Waals surface area (Å²) in [6.07, 6.45) is 6.68. The summed E-state index contributed by atoms with van der Waals surface area (Å²) >= 11 is 1.50. The van der Waals surface area contributed by atoms with Gasteiger partial charge in [-0.25, -0.2) is 13.1 Å². The molecule has 3 aromatic rings. The molecule has 29 heavy (non-hydrogen) atoms. The zero-order valence-corrected chi connectivity index (χ0v) is 18.0. The van der Waals surface area contributed by atoms with Gasteiger partial charge in [0.15, 0.2) is 0 Å². The summed E-state index contributed by atoms with van der Waals surface area (Å²) < 4.78 is 36.2. The van der Waals surface area contributed by atoms with Crippen LogP contribution in [0.15, 0.2) is 52.9 Å². The van der Waals surface area contributed by atoms with E-state index < -0.39 is 10.0 Å². The highest BCUT2D eigenvalue weighted by atomic mass is 32.2. The van der Waals surface area contributed by atoms with Gasteiger partial charge in [0.1, 0.15) is 16.3 Å². The number of rotatable bonds is 8. The first-order chi connectivity index (χ1) is 14.1. The number of methoxy groups -OCH3 is 1. The minimum absolute atomic E-state index is 0.256. The molecule has 2 heterocycles. The van der Waals surface area contributed by atoms with Crippen LogP contribution in [-0.4, -0.2) is 31.9 Å². The second-order valence-corrected chi connectivity index (χ2v) is 9.88. The topological polar surface area (TPSA) is 73.2 Å². The Morgan fingerprint density at radius 1 is 1.21 bits per heavy atom. The maximum Gasteiger partial charge on any atom is 0.244 e. The van der Waals surface area contributed by atoms with Crippen molar-refractivity contribution in [3.8, 4) is 16.3 Å². The van der Waals surface area contributed by atoms with E-state index in [2.05, 4.69) is 9.82 Å². The molecule has 0 amide bonds. The van der Waals surface area contributed by atoms with Crippen molar-refractivity contribution in [3.63, 3.8) is 0 Å². The van der Waals surface area contributed by atoms with E-state index in [9.17, 15) is 8.42 Å². The highest BCUT2D eigenvalue weighted by Crippen LogP contribution is 2.34. The third kappa shape index (κ3) is 4.39. The Hall–Kier alpha value is -2.16. The lowest BCUT2D eigenvalue weighted by atomic mass is 10.1. The monoisotopic (exact) mass is 431 g/mol. The number of aromatic nitrogens is 2. The summed E-state index contributed by atoms with van der Waals surface area (Å²) in [4.78, 5) is 1.12. The SMILES string of the molecule is COc1ccccc1CCNS(=O)(=O)c1cn(C2CCCC2)nc1-c1cccs1. The van der Waals surface area contributed by atoms with Crippen LogP contribution in [0, 0.1) is 0 Å². The highest BCUT2D eigenvalue weighted by Gasteiger charge is 2.27. The number of para-hydroxylation sites is 1. The molecule has 4 rings (SSSR count). The Morgan fingerprint density at radius 2 is 2.00 bits per heavy atom. The molecule has 1 saturated carbocycles. The maximum atomic E-state index is 13.1. The van der Waals surface area contributed by atoms with Crippen LogP contribution in [0.3, 0.4) is 0 Å². The molecule has 6 nitrogen and oxygen atoms in total. The van der Waals surface area contributed by atoms with Crippen LogP contribution in [0.1, 0.15) is 37.3 Å². The smallest absolute Gasteiger partial charge is 0.244 e. The summed E-state index contributed by atoms with van der Waals surface area (Å²) in [5.74, 6) is 0.764. The molecule has 0 bridgehead atoms. The molecule has 1 fully saturated rings. The molecule has 0 radical (unpaired) electrons. The standard InChI is InChI=1S/C21H25N3O3S2/c1-27-18-10-5-2-7-16(18)12-13-22-29(25,26)20-15-24(17-8-3-4-9-17)23-21(20)19-11-6-14-28-19/h2,5-7,10-11,14-15,17,22H,3-4,8-9,12-13H2,1H3. The van der Waals surface area contributed by atoms with E-state index in [0.717, 1.165) is 41.9 Å². The van der Waals surface area contributed by atoms with Gasteiger partial charge in [-0.05, 0) is 42.3 Å². The largest absolute Gasteiger partial charge is 0.496 e. The van der Waals surface area contributed by atoms with E-state index in [1.54, 1.807) is 13.3 Å². The molecule has 8 heteroatoms. The Balaban J connectivity index is 1.57. The molecular formula is C21H25N3O3S2. The summed E-state index contributed by atoms with van der Waals surface area (Å²) in [6.45, 7) is 0.293. The van der Waals surface area contributed by atoms with Crippen molar-refractivity contribution in [1.82, 2.24) is 14.5 Å². The molecule has 1 aliphatic rings. The summed E-state index contributed by atoms with van der Waals surface area (Å²) in [6, 6.07) is 11.8. The molecule has 0 unspecified atom stereocenters. The summed E-state index contributed by atoms with van der Waals surface area (Å²) in [7, 11) is -2.06. The van der Waals surface area contributed by atoms with Gasteiger partial charge in [0.05, 0.1) is 18.0 Å². The number of sulfonamides is 1. The van der Waals surface area contributed by atoms with Gasteiger partial charge in [-0.2, -0.15) is 5.10 Å². The second kappa shape index (κ2) is 8.69. The Morgan fingerprint density at radius 3 is 2.72 bits per heavy atom. The van der Waals surface area contributed by atoms with Crippen molar-refractivity contribution in [2.75, 3.05) is 13.7 Å². The lowest BCUT2D eigenvalue weighted by Gasteiger charge is -2.10. The fourth-order valence-corrected chi connectivity index (χ4v) is 5.79. The van der Waals surface area contributed by atoms with Gasteiger partial charge < -0.3 is 4.74 Å². The lowest BCUT2D eigenvalue weighted by molar-refractivity contribution is 0.409. The number of thiophene rings is 1. The summed E-state index contributed by atoms with van der Waals surface area (Å²) in [5, 5.41) is 6.62. The van der Waals surface area contributed by atoms with E-state index in [0.29, 0.717) is 18.7 Å². The molecule has 154 valence electrons. The predicted molar refractivity (Wildman–Crippen MR) is 115 cm³/mol. The molecular weight excluding hydrogens is 406 g/mol. The average molecular weight is 432 g/mol. The number of ether oxygens (including phenoxy) is 1. The number of nitrogens with one attached hydrogen (secondary N) is 1. The van der Waals surface area contributed by atoms with Crippen molar-refractivity contribution in [3.05, 3.63) is 53.5 Å². The number of benzene rings is 1. The molecule has 1 aliphatic carbocycles. The van der Waals surface area contributed by atoms with Gasteiger partial charge >= 0.3 is 0 Å². The van der Waals surface area contributed by atoms with Crippen LogP contribution in [0.5, 0.6) is 5.75 Å². The lowest BCUT2D eigenvalue weighted by Crippen LogP contribution is -2.26. The van der Waals surface area contributed by atoms with Crippen LogP contribution in [0.2, 0.25) is 0 Å². The van der Waals surface area contributed by atoms with Crippen LogP contribution < -0.4 is 9.46 Å². The highest BCUT2D eigenvalue weighted by molar-refractivity contribution is 7.89. The molecule has 1 N–H and O–H groups in total. The quantitative estimate of drug-likeness (QED) is 0.578. The average Bonchev–Trinajstić information content (AvgIpc) is 3.48. The van der Waals surface area contributed by atoms with Gasteiger partial charge in [-0.1, -0.05) is 37.1 Å². The van der Waals surface area contributed by atoms with Crippen LogP contribution in [-0.2, 0) is 16.4 Å². The van der Waals surface area contributed by atoms with Crippen molar-refractivity contribution >= 4 is 21.4 Å². The van der Waals surface area contributed by atoms with Crippen molar-refractivity contribution < 1.29 is 13.2 Å². The van der Waals surface area contributed by atoms with Gasteiger partial charge in [0.25, 0.3) is 0 Å². The first-order valence-electron chi connectivity index (χ1n) is 9.83. The van der Waals surface area contributed by atoms with Crippen LogP contribution >= 0.6 is 11.3 Å². The van der Waals surface area contributed by atoms with Crippen molar-refractivity contribution in [2.45, 2.75) is 43.0 Å². The molecule has 0 atom stereocenters. The zero-order chi connectivity index (χ0) is 20.3. The Kier molecular flexibility index (Phi) is 6.03. The zero-order valence-electron chi connectivity index (χ0n) is 16.4. The van der Waals surface area contributed by atoms with E-state index >= 15 is 0 Å². The second-order valence-electron chi connectivity index (χ2n) is 7.20. The number of hydrogen-bond donors (Lipinski definition) is 1. The minimum atomic E-state index is -3.68. The van der Waals surface area contributed by atoms with E-state index in [1.165, 1.54) is 11.3 Å². The fourth-order valence-electron chi connectivity index (χ4n) is 3.82. The fraction of sp³-hybridized carbons (Fsp3) is 0.381. The summed E-state index contributed by atoms with van der Waals surface area (Å²) in [5.41, 5.74) is 1.51. The molecule has 0 aliphatic heterocycles. The van der Waals surface area contributed by atoms with Crippen molar-refractivity contribution in [2.24, 2.45) is 0 Å². The van der Waals surface area contributed by atoms with Gasteiger partial charge in [0, 0.05) is 12.7 Å². The molecule has 0 saturated heterocycles. The molecule has 1 aromatic carbocycles. The maximum absolute atomic E-state index is 13.1. The van der Waals surface area contributed by atoms with Crippen LogP contribution in [0.4, 0.5) is 0 Å². The number of hydrogen-bond acceptors (Lipinski definition) is 5. The number of nitrogens with zero attached hydrogens (tertiary/aromatic N) is 2. The third-order valence-electron chi connectivity index (χ3n) is 5.32. The van der Waals surface area contributed by atoms with E-state index in [-0.39, 0.29) is 10.9 Å². The predicted octanol–water partition coefficient (Wildman–Crippen LogP) is 4.26. The molecule has 2 aromatic heterocycles. The van der Waals surface area contributed by atoms with Crippen molar-refractivity contribution in [1.29, 1.82) is 0 Å². The van der Waals surface area contributed by atoms with Gasteiger partial charge in [-0.15, -0.1) is 11.3 Å². The Bertz CT molecular complexity index is 1050. The first-order valence-corrected chi connectivity index (χ1v) is 12.2. The molecule has 0 spiro atoms. The van der Waals surface area contributed by atoms with Gasteiger partial charge in [-0.3, -0.25) is 4.68 Å². The van der Waals surface area contributed by atoms with Gasteiger partial charge in [0.2, 0.25) is 10.0 Å². The van der Waals surface area contributed by atoms with Crippen LogP contribution in [0.25, 0.3) is 10.6 Å².